The van der Waals surface area contributed by atoms with Crippen molar-refractivity contribution in [3.63, 3.8) is 0 Å². The maximum atomic E-state index is 11.8. The van der Waals surface area contributed by atoms with E-state index in [0.717, 1.165) is 37.2 Å². The number of carbonyl (C=O) groups excluding carboxylic acids is 1. The Kier molecular flexibility index (Phi) is 8.16. The van der Waals surface area contributed by atoms with Gasteiger partial charge in [-0.3, -0.25) is 4.79 Å². The minimum Gasteiger partial charge on any atom is -0.490 e. The highest BCUT2D eigenvalue weighted by molar-refractivity contribution is 5.90. The van der Waals surface area contributed by atoms with Gasteiger partial charge in [-0.2, -0.15) is 0 Å². The Bertz CT molecular complexity index is 434. The van der Waals surface area contributed by atoms with Crippen LogP contribution in [0.4, 0.5) is 5.69 Å². The first-order chi connectivity index (χ1) is 9.78. The van der Waals surface area contributed by atoms with E-state index in [-0.39, 0.29) is 18.3 Å². The van der Waals surface area contributed by atoms with E-state index in [2.05, 4.69) is 10.6 Å². The van der Waals surface area contributed by atoms with Crippen LogP contribution in [-0.2, 0) is 4.79 Å². The molecular formula is C16H25ClN2O2. The first kappa shape index (κ1) is 17.8. The number of rotatable bonds is 7. The molecule has 2 N–H and O–H groups in total. The Morgan fingerprint density at radius 3 is 2.81 bits per heavy atom. The van der Waals surface area contributed by atoms with Crippen molar-refractivity contribution >= 4 is 24.0 Å². The number of carbonyl (C=O) groups is 1. The predicted octanol–water partition coefficient (Wildman–Crippen LogP) is 3.37. The van der Waals surface area contributed by atoms with Crippen LogP contribution in [0.25, 0.3) is 0 Å². The first-order valence-corrected chi connectivity index (χ1v) is 7.49. The maximum absolute atomic E-state index is 11.8. The van der Waals surface area contributed by atoms with Crippen LogP contribution in [0.15, 0.2) is 24.3 Å². The zero-order chi connectivity index (χ0) is 14.2. The van der Waals surface area contributed by atoms with Gasteiger partial charge in [0.25, 0.3) is 0 Å². The van der Waals surface area contributed by atoms with E-state index < -0.39 is 0 Å². The van der Waals surface area contributed by atoms with E-state index in [0.29, 0.717) is 12.5 Å². The summed E-state index contributed by atoms with van der Waals surface area (Å²) in [6.07, 6.45) is 6.52. The molecule has 1 aliphatic rings. The summed E-state index contributed by atoms with van der Waals surface area (Å²) in [6, 6.07) is 7.69. The van der Waals surface area contributed by atoms with Gasteiger partial charge < -0.3 is 15.4 Å². The highest BCUT2D eigenvalue weighted by Gasteiger charge is 2.16. The number of anilines is 1. The van der Waals surface area contributed by atoms with Crippen molar-refractivity contribution in [2.24, 2.45) is 0 Å². The number of nitrogens with one attached hydrogen (secondary N) is 2. The Balaban J connectivity index is 0.00000220. The lowest BCUT2D eigenvalue weighted by Gasteiger charge is -2.14. The van der Waals surface area contributed by atoms with E-state index in [4.69, 9.17) is 4.74 Å². The van der Waals surface area contributed by atoms with Gasteiger partial charge >= 0.3 is 0 Å². The molecule has 4 nitrogen and oxygen atoms in total. The van der Waals surface area contributed by atoms with Crippen molar-refractivity contribution in [2.75, 3.05) is 18.9 Å². The Hall–Kier alpha value is -1.26. The van der Waals surface area contributed by atoms with E-state index in [9.17, 15) is 4.79 Å². The lowest BCUT2D eigenvalue weighted by molar-refractivity contribution is -0.116. The summed E-state index contributed by atoms with van der Waals surface area (Å²) in [4.78, 5) is 11.8. The van der Waals surface area contributed by atoms with Gasteiger partial charge in [-0.25, -0.2) is 0 Å². The quantitative estimate of drug-likeness (QED) is 0.759. The fraction of sp³-hybridized carbons (Fsp3) is 0.562. The van der Waals surface area contributed by atoms with Crippen molar-refractivity contribution in [1.82, 2.24) is 5.32 Å². The molecule has 118 valence electrons. The van der Waals surface area contributed by atoms with Crippen LogP contribution in [0.3, 0.4) is 0 Å². The summed E-state index contributed by atoms with van der Waals surface area (Å²) in [5, 5.41) is 5.96. The third kappa shape index (κ3) is 6.36. The molecule has 1 amide bonds. The molecular weight excluding hydrogens is 288 g/mol. The highest BCUT2D eigenvalue weighted by atomic mass is 35.5. The maximum Gasteiger partial charge on any atom is 0.224 e. The van der Waals surface area contributed by atoms with Crippen molar-refractivity contribution in [1.29, 1.82) is 0 Å². The van der Waals surface area contributed by atoms with Crippen LogP contribution in [0, 0.1) is 0 Å². The average molecular weight is 313 g/mol. The molecule has 0 spiro atoms. The molecule has 0 heterocycles. The molecule has 0 bridgehead atoms. The SMILES string of the molecule is CNCCCC(=O)Nc1cccc(OC2CCCC2)c1.Cl. The Morgan fingerprint density at radius 1 is 1.33 bits per heavy atom. The molecule has 1 aliphatic carbocycles. The second-order valence-electron chi connectivity index (χ2n) is 5.31. The predicted molar refractivity (Wildman–Crippen MR) is 88.4 cm³/mol. The normalized spacial score (nSPS) is 14.5. The van der Waals surface area contributed by atoms with Crippen molar-refractivity contribution in [3.05, 3.63) is 24.3 Å². The van der Waals surface area contributed by atoms with Gasteiger partial charge in [0, 0.05) is 18.2 Å². The third-order valence-corrected chi connectivity index (χ3v) is 3.55. The van der Waals surface area contributed by atoms with Crippen LogP contribution >= 0.6 is 12.4 Å². The summed E-state index contributed by atoms with van der Waals surface area (Å²) < 4.78 is 5.93. The first-order valence-electron chi connectivity index (χ1n) is 7.49. The molecule has 0 aromatic heterocycles. The van der Waals surface area contributed by atoms with Crippen molar-refractivity contribution in [3.8, 4) is 5.75 Å². The molecule has 2 rings (SSSR count). The second kappa shape index (κ2) is 9.64. The minimum absolute atomic E-state index is 0. The fourth-order valence-corrected chi connectivity index (χ4v) is 2.50. The fourth-order valence-electron chi connectivity index (χ4n) is 2.50. The number of hydrogen-bond acceptors (Lipinski definition) is 3. The van der Waals surface area contributed by atoms with Crippen LogP contribution in [-0.4, -0.2) is 25.6 Å². The summed E-state index contributed by atoms with van der Waals surface area (Å²) >= 11 is 0. The van der Waals surface area contributed by atoms with Gasteiger partial charge in [-0.05, 0) is 57.8 Å². The van der Waals surface area contributed by atoms with Gasteiger partial charge in [-0.1, -0.05) is 6.07 Å². The third-order valence-electron chi connectivity index (χ3n) is 3.55. The number of ether oxygens (including phenoxy) is 1. The molecule has 0 unspecified atom stereocenters. The number of halogens is 1. The topological polar surface area (TPSA) is 50.4 Å². The monoisotopic (exact) mass is 312 g/mol. The van der Waals surface area contributed by atoms with Crippen LogP contribution in [0.2, 0.25) is 0 Å². The number of benzene rings is 1. The highest BCUT2D eigenvalue weighted by Crippen LogP contribution is 2.25. The summed E-state index contributed by atoms with van der Waals surface area (Å²) in [7, 11) is 1.89. The van der Waals surface area contributed by atoms with Gasteiger partial charge in [0.15, 0.2) is 0 Å². The summed E-state index contributed by atoms with van der Waals surface area (Å²) in [5.41, 5.74) is 0.815. The molecule has 0 aliphatic heterocycles. The molecule has 0 saturated heterocycles. The standard InChI is InChI=1S/C16H24N2O2.ClH/c1-17-11-5-10-16(19)18-13-6-4-9-15(12-13)20-14-7-2-3-8-14;/h4,6,9,12,14,17H,2-3,5,7-8,10-11H2,1H3,(H,18,19);1H. The van der Waals surface area contributed by atoms with E-state index in [1.165, 1.54) is 12.8 Å². The van der Waals surface area contributed by atoms with Gasteiger partial charge in [-0.15, -0.1) is 12.4 Å². The zero-order valence-corrected chi connectivity index (χ0v) is 13.4. The van der Waals surface area contributed by atoms with E-state index in [1.807, 2.05) is 31.3 Å². The molecule has 1 fully saturated rings. The van der Waals surface area contributed by atoms with Gasteiger partial charge in [0.1, 0.15) is 5.75 Å². The number of amides is 1. The lowest BCUT2D eigenvalue weighted by Crippen LogP contribution is -2.15. The minimum atomic E-state index is 0. The van der Waals surface area contributed by atoms with Crippen LogP contribution in [0.5, 0.6) is 5.75 Å². The summed E-state index contributed by atoms with van der Waals surface area (Å²) in [6.45, 7) is 0.859. The van der Waals surface area contributed by atoms with Crippen LogP contribution in [0.1, 0.15) is 38.5 Å². The molecule has 21 heavy (non-hydrogen) atoms. The largest absolute Gasteiger partial charge is 0.490 e. The molecule has 0 radical (unpaired) electrons. The molecule has 0 atom stereocenters. The second-order valence-corrected chi connectivity index (χ2v) is 5.31. The molecule has 1 aromatic rings. The van der Waals surface area contributed by atoms with Crippen molar-refractivity contribution < 1.29 is 9.53 Å². The molecule has 1 aromatic carbocycles. The molecule has 1 saturated carbocycles. The Morgan fingerprint density at radius 2 is 2.10 bits per heavy atom. The Labute approximate surface area is 133 Å². The van der Waals surface area contributed by atoms with Gasteiger partial charge in [0.05, 0.1) is 6.10 Å². The zero-order valence-electron chi connectivity index (χ0n) is 12.6. The smallest absolute Gasteiger partial charge is 0.224 e. The number of hydrogen-bond donors (Lipinski definition) is 2. The lowest BCUT2D eigenvalue weighted by atomic mass is 10.2. The summed E-state index contributed by atoms with van der Waals surface area (Å²) in [5.74, 6) is 0.906. The van der Waals surface area contributed by atoms with Crippen molar-refractivity contribution in [2.45, 2.75) is 44.6 Å². The average Bonchev–Trinajstić information content (AvgIpc) is 2.92. The van der Waals surface area contributed by atoms with E-state index in [1.54, 1.807) is 0 Å². The molecule has 5 heteroatoms. The van der Waals surface area contributed by atoms with Gasteiger partial charge in [0.2, 0.25) is 5.91 Å². The van der Waals surface area contributed by atoms with Crippen LogP contribution < -0.4 is 15.4 Å². The van der Waals surface area contributed by atoms with E-state index >= 15 is 0 Å².